The van der Waals surface area contributed by atoms with E-state index in [1.54, 1.807) is 0 Å². The fourth-order valence-electron chi connectivity index (χ4n) is 2.21. The van der Waals surface area contributed by atoms with Gasteiger partial charge in [0, 0.05) is 6.54 Å². The van der Waals surface area contributed by atoms with E-state index in [2.05, 4.69) is 25.0 Å². The molecule has 0 aromatic rings. The molecule has 1 heterocycles. The summed E-state index contributed by atoms with van der Waals surface area (Å²) in [5.41, 5.74) is 1.18. The predicted molar refractivity (Wildman–Crippen MR) is 68.0 cm³/mol. The Kier molecular flexibility index (Phi) is 5.70. The fourth-order valence-corrected chi connectivity index (χ4v) is 2.21. The van der Waals surface area contributed by atoms with E-state index in [-0.39, 0.29) is 0 Å². The summed E-state index contributed by atoms with van der Waals surface area (Å²) in [5.74, 6) is 0.791. The molecule has 0 saturated carbocycles. The van der Waals surface area contributed by atoms with Crippen LogP contribution < -0.4 is 0 Å². The van der Waals surface area contributed by atoms with Crippen molar-refractivity contribution in [1.82, 2.24) is 4.90 Å². The largest absolute Gasteiger partial charge is 0.303 e. The van der Waals surface area contributed by atoms with Gasteiger partial charge < -0.3 is 4.90 Å². The molecule has 1 heteroatoms. The van der Waals surface area contributed by atoms with Crippen LogP contribution in [0.4, 0.5) is 0 Å². The van der Waals surface area contributed by atoms with Crippen LogP contribution in [0, 0.1) is 5.92 Å². The third kappa shape index (κ3) is 5.17. The highest BCUT2D eigenvalue weighted by Gasteiger charge is 2.12. The summed E-state index contributed by atoms with van der Waals surface area (Å²) in [7, 11) is 0. The van der Waals surface area contributed by atoms with Gasteiger partial charge in [-0.25, -0.2) is 0 Å². The van der Waals surface area contributed by atoms with Gasteiger partial charge >= 0.3 is 0 Å². The molecule has 1 aliphatic heterocycles. The maximum absolute atomic E-state index is 3.96. The first-order chi connectivity index (χ1) is 7.22. The molecule has 0 N–H and O–H groups in total. The van der Waals surface area contributed by atoms with Gasteiger partial charge in [-0.05, 0) is 44.7 Å². The van der Waals surface area contributed by atoms with Gasteiger partial charge in [-0.1, -0.05) is 38.2 Å². The van der Waals surface area contributed by atoms with Gasteiger partial charge in [-0.3, -0.25) is 0 Å². The molecule has 1 aliphatic rings. The van der Waals surface area contributed by atoms with Gasteiger partial charge in [0.15, 0.2) is 0 Å². The Morgan fingerprint density at radius 2 is 2.00 bits per heavy atom. The Labute approximate surface area is 94.9 Å². The van der Waals surface area contributed by atoms with Gasteiger partial charge in [0.1, 0.15) is 0 Å². The SMILES string of the molecule is C=CC(=C)CCC(C)CN1CCCCC1. The van der Waals surface area contributed by atoms with Crippen molar-refractivity contribution < 1.29 is 0 Å². The normalized spacial score (nSPS) is 19.8. The van der Waals surface area contributed by atoms with Crippen molar-refractivity contribution in [1.29, 1.82) is 0 Å². The first-order valence-corrected chi connectivity index (χ1v) is 6.25. The Balaban J connectivity index is 2.13. The second kappa shape index (κ2) is 6.84. The minimum absolute atomic E-state index is 0.791. The average Bonchev–Trinajstić information content (AvgIpc) is 2.27. The first-order valence-electron chi connectivity index (χ1n) is 6.25. The summed E-state index contributed by atoms with van der Waals surface area (Å²) in [6.45, 7) is 13.9. The van der Waals surface area contributed by atoms with Crippen molar-refractivity contribution in [3.63, 3.8) is 0 Å². The Bertz CT molecular complexity index is 201. The van der Waals surface area contributed by atoms with E-state index < -0.39 is 0 Å². The minimum atomic E-state index is 0.791. The Morgan fingerprint density at radius 3 is 2.60 bits per heavy atom. The van der Waals surface area contributed by atoms with E-state index in [9.17, 15) is 0 Å². The van der Waals surface area contributed by atoms with Crippen molar-refractivity contribution in [3.05, 3.63) is 24.8 Å². The van der Waals surface area contributed by atoms with Crippen LogP contribution in [0.2, 0.25) is 0 Å². The molecule has 1 atom stereocenters. The van der Waals surface area contributed by atoms with E-state index in [1.165, 1.54) is 50.9 Å². The first kappa shape index (κ1) is 12.5. The van der Waals surface area contributed by atoms with Crippen molar-refractivity contribution in [3.8, 4) is 0 Å². The van der Waals surface area contributed by atoms with E-state index in [0.29, 0.717) is 0 Å². The van der Waals surface area contributed by atoms with Gasteiger partial charge in [-0.2, -0.15) is 0 Å². The second-order valence-electron chi connectivity index (χ2n) is 4.87. The van der Waals surface area contributed by atoms with Crippen LogP contribution in [0.3, 0.4) is 0 Å². The molecule has 1 nitrogen and oxygen atoms in total. The van der Waals surface area contributed by atoms with Gasteiger partial charge in [-0.15, -0.1) is 0 Å². The highest BCUT2D eigenvalue weighted by atomic mass is 15.1. The van der Waals surface area contributed by atoms with Crippen LogP contribution >= 0.6 is 0 Å². The van der Waals surface area contributed by atoms with Crippen molar-refractivity contribution in [2.45, 2.75) is 39.0 Å². The lowest BCUT2D eigenvalue weighted by Crippen LogP contribution is -2.33. The Hall–Kier alpha value is -0.560. The molecule has 1 unspecified atom stereocenters. The number of likely N-dealkylation sites (tertiary alicyclic amines) is 1. The lowest BCUT2D eigenvalue weighted by molar-refractivity contribution is 0.197. The molecule has 0 aromatic heterocycles. The average molecular weight is 207 g/mol. The molecule has 15 heavy (non-hydrogen) atoms. The zero-order valence-corrected chi connectivity index (χ0v) is 10.2. The summed E-state index contributed by atoms with van der Waals surface area (Å²) >= 11 is 0. The number of nitrogens with zero attached hydrogens (tertiary/aromatic N) is 1. The summed E-state index contributed by atoms with van der Waals surface area (Å²) in [6, 6.07) is 0. The molecule has 0 spiro atoms. The van der Waals surface area contributed by atoms with Crippen molar-refractivity contribution in [2.24, 2.45) is 5.92 Å². The lowest BCUT2D eigenvalue weighted by atomic mass is 10.0. The van der Waals surface area contributed by atoms with E-state index in [1.807, 2.05) is 6.08 Å². The highest BCUT2D eigenvalue weighted by Crippen LogP contribution is 2.15. The molecule has 0 aromatic carbocycles. The topological polar surface area (TPSA) is 3.24 Å². The van der Waals surface area contributed by atoms with Crippen LogP contribution in [0.5, 0.6) is 0 Å². The predicted octanol–water partition coefficient (Wildman–Crippen LogP) is 3.63. The van der Waals surface area contributed by atoms with E-state index in [0.717, 1.165) is 12.3 Å². The number of rotatable bonds is 6. The number of hydrogen-bond acceptors (Lipinski definition) is 1. The quantitative estimate of drug-likeness (QED) is 0.601. The molecule has 0 amide bonds. The third-order valence-electron chi connectivity index (χ3n) is 3.27. The number of hydrogen-bond donors (Lipinski definition) is 0. The molecular formula is C14H25N. The highest BCUT2D eigenvalue weighted by molar-refractivity contribution is 5.10. The van der Waals surface area contributed by atoms with Crippen molar-refractivity contribution >= 4 is 0 Å². The zero-order chi connectivity index (χ0) is 11.1. The molecule has 0 aliphatic carbocycles. The number of allylic oxidation sites excluding steroid dienone is 2. The van der Waals surface area contributed by atoms with Crippen LogP contribution in [-0.4, -0.2) is 24.5 Å². The Morgan fingerprint density at radius 1 is 1.33 bits per heavy atom. The number of piperidine rings is 1. The maximum Gasteiger partial charge on any atom is 0.000713 e. The van der Waals surface area contributed by atoms with Crippen molar-refractivity contribution in [2.75, 3.05) is 19.6 Å². The molecule has 86 valence electrons. The van der Waals surface area contributed by atoms with Gasteiger partial charge in [0.2, 0.25) is 0 Å². The van der Waals surface area contributed by atoms with Crippen LogP contribution in [0.25, 0.3) is 0 Å². The minimum Gasteiger partial charge on any atom is -0.303 e. The molecule has 0 bridgehead atoms. The lowest BCUT2D eigenvalue weighted by Gasteiger charge is -2.29. The fraction of sp³-hybridized carbons (Fsp3) is 0.714. The summed E-state index contributed by atoms with van der Waals surface area (Å²) < 4.78 is 0. The molecular weight excluding hydrogens is 182 g/mol. The second-order valence-corrected chi connectivity index (χ2v) is 4.87. The smallest absolute Gasteiger partial charge is 0.000713 e. The molecule has 1 rings (SSSR count). The van der Waals surface area contributed by atoms with Crippen LogP contribution in [0.1, 0.15) is 39.0 Å². The standard InChI is InChI=1S/C14H25N/c1-4-13(2)8-9-14(3)12-15-10-6-5-7-11-15/h4,14H,1-2,5-12H2,3H3. The third-order valence-corrected chi connectivity index (χ3v) is 3.27. The summed E-state index contributed by atoms with van der Waals surface area (Å²) in [4.78, 5) is 2.62. The summed E-state index contributed by atoms with van der Waals surface area (Å²) in [6.07, 6.45) is 8.46. The van der Waals surface area contributed by atoms with Gasteiger partial charge in [0.05, 0.1) is 0 Å². The summed E-state index contributed by atoms with van der Waals surface area (Å²) in [5, 5.41) is 0. The van der Waals surface area contributed by atoms with E-state index >= 15 is 0 Å². The monoisotopic (exact) mass is 207 g/mol. The van der Waals surface area contributed by atoms with E-state index in [4.69, 9.17) is 0 Å². The van der Waals surface area contributed by atoms with Crippen LogP contribution in [-0.2, 0) is 0 Å². The van der Waals surface area contributed by atoms with Gasteiger partial charge in [0.25, 0.3) is 0 Å². The van der Waals surface area contributed by atoms with Crippen LogP contribution in [0.15, 0.2) is 24.8 Å². The molecule has 1 saturated heterocycles. The molecule has 1 fully saturated rings. The maximum atomic E-state index is 3.96. The molecule has 0 radical (unpaired) electrons. The zero-order valence-electron chi connectivity index (χ0n) is 10.2.